The smallest absolute Gasteiger partial charge is 0.419 e. The Hall–Kier alpha value is -4.17. The molecule has 0 saturated carbocycles. The van der Waals surface area contributed by atoms with Crippen LogP contribution >= 0.6 is 0 Å². The minimum absolute atomic E-state index is 0.0193. The number of carbonyl (C=O) groups is 2. The van der Waals surface area contributed by atoms with Crippen LogP contribution in [0.5, 0.6) is 0 Å². The Morgan fingerprint density at radius 1 is 1.12 bits per heavy atom. The number of nitrogens with zero attached hydrogens (tertiary/aromatic N) is 3. The van der Waals surface area contributed by atoms with E-state index in [1.165, 1.54) is 11.0 Å². The monoisotopic (exact) mass is 598 g/mol. The Morgan fingerprint density at radius 2 is 1.83 bits per heavy atom. The molecule has 15 heteroatoms. The van der Waals surface area contributed by atoms with Crippen molar-refractivity contribution in [2.75, 3.05) is 30.8 Å². The first-order valence-corrected chi connectivity index (χ1v) is 13.0. The molecule has 228 valence electrons. The van der Waals surface area contributed by atoms with E-state index in [2.05, 4.69) is 30.3 Å². The number of H-pyrrole nitrogens is 1. The number of carbonyl (C=O) groups excluding carboxylic acids is 2. The van der Waals surface area contributed by atoms with Crippen molar-refractivity contribution in [2.45, 2.75) is 64.3 Å². The van der Waals surface area contributed by atoms with E-state index in [-0.39, 0.29) is 40.7 Å². The molecule has 0 spiro atoms. The minimum atomic E-state index is -4.86. The lowest BCUT2D eigenvalue weighted by molar-refractivity contribution is -0.137. The van der Waals surface area contributed by atoms with E-state index < -0.39 is 46.7 Å². The third kappa shape index (κ3) is 6.82. The highest BCUT2D eigenvalue weighted by atomic mass is 19.4. The van der Waals surface area contributed by atoms with Crippen molar-refractivity contribution in [1.29, 1.82) is 0 Å². The summed E-state index contributed by atoms with van der Waals surface area (Å²) in [7, 11) is 1.06. The second-order valence-electron chi connectivity index (χ2n) is 11.0. The SMILES string of the molecule is COC(=O)Nc1ccc2c(-c3nc(N[C@H]4CCCN(C(=O)OC(C)(C)C)C4)ncc3C(F)(F)F)c[nH]c2c1C(C)(F)F. The Bertz CT molecular complexity index is 1480. The molecule has 1 fully saturated rings. The zero-order valence-electron chi connectivity index (χ0n) is 23.6. The second kappa shape index (κ2) is 11.2. The van der Waals surface area contributed by atoms with Gasteiger partial charge >= 0.3 is 18.4 Å². The summed E-state index contributed by atoms with van der Waals surface area (Å²) < 4.78 is 81.6. The first kappa shape index (κ1) is 30.8. The van der Waals surface area contributed by atoms with Crippen LogP contribution in [0.25, 0.3) is 22.2 Å². The number of amides is 2. The number of piperidine rings is 1. The average Bonchev–Trinajstić information content (AvgIpc) is 3.30. The molecule has 42 heavy (non-hydrogen) atoms. The molecule has 2 aromatic heterocycles. The van der Waals surface area contributed by atoms with Gasteiger partial charge < -0.3 is 24.7 Å². The van der Waals surface area contributed by atoms with E-state index in [4.69, 9.17) is 4.74 Å². The van der Waals surface area contributed by atoms with Gasteiger partial charge in [-0.1, -0.05) is 6.07 Å². The summed E-state index contributed by atoms with van der Waals surface area (Å²) in [5.74, 6) is -3.63. The van der Waals surface area contributed by atoms with Crippen LogP contribution in [0.15, 0.2) is 24.5 Å². The van der Waals surface area contributed by atoms with Gasteiger partial charge in [0.25, 0.3) is 5.92 Å². The summed E-state index contributed by atoms with van der Waals surface area (Å²) in [5.41, 5.74) is -3.60. The van der Waals surface area contributed by atoms with E-state index >= 15 is 0 Å². The van der Waals surface area contributed by atoms with Crippen LogP contribution in [-0.2, 0) is 21.6 Å². The third-order valence-electron chi connectivity index (χ3n) is 6.47. The lowest BCUT2D eigenvalue weighted by atomic mass is 9.99. The van der Waals surface area contributed by atoms with E-state index in [1.807, 2.05) is 0 Å². The average molecular weight is 599 g/mol. The van der Waals surface area contributed by atoms with Gasteiger partial charge in [-0.05, 0) is 39.7 Å². The molecule has 0 radical (unpaired) electrons. The van der Waals surface area contributed by atoms with Crippen LogP contribution in [-0.4, -0.2) is 63.9 Å². The first-order chi connectivity index (χ1) is 19.5. The van der Waals surface area contributed by atoms with Crippen LogP contribution in [0.2, 0.25) is 0 Å². The van der Waals surface area contributed by atoms with Gasteiger partial charge in [0, 0.05) is 49.4 Å². The lowest BCUT2D eigenvalue weighted by Crippen LogP contribution is -2.47. The van der Waals surface area contributed by atoms with Gasteiger partial charge in [0.2, 0.25) is 5.95 Å². The summed E-state index contributed by atoms with van der Waals surface area (Å²) in [4.78, 5) is 36.4. The van der Waals surface area contributed by atoms with E-state index in [0.29, 0.717) is 32.5 Å². The number of nitrogens with one attached hydrogen (secondary N) is 3. The fourth-order valence-electron chi connectivity index (χ4n) is 4.75. The van der Waals surface area contributed by atoms with Crippen molar-refractivity contribution >= 4 is 34.7 Å². The van der Waals surface area contributed by atoms with Crippen LogP contribution < -0.4 is 10.6 Å². The number of fused-ring (bicyclic) bond motifs is 1. The van der Waals surface area contributed by atoms with E-state index in [1.54, 1.807) is 20.8 Å². The van der Waals surface area contributed by atoms with E-state index in [0.717, 1.165) is 19.4 Å². The number of alkyl halides is 5. The van der Waals surface area contributed by atoms with Gasteiger partial charge in [-0.2, -0.15) is 13.2 Å². The molecule has 3 heterocycles. The molecular formula is C27H31F5N6O4. The predicted octanol–water partition coefficient (Wildman–Crippen LogP) is 6.75. The quantitative estimate of drug-likeness (QED) is 0.278. The van der Waals surface area contributed by atoms with Gasteiger partial charge in [-0.25, -0.2) is 28.3 Å². The topological polar surface area (TPSA) is 121 Å². The summed E-state index contributed by atoms with van der Waals surface area (Å²) in [6, 6.07) is 2.08. The van der Waals surface area contributed by atoms with Crippen molar-refractivity contribution in [2.24, 2.45) is 0 Å². The van der Waals surface area contributed by atoms with Gasteiger partial charge in [-0.15, -0.1) is 0 Å². The van der Waals surface area contributed by atoms with Gasteiger partial charge in [-0.3, -0.25) is 5.32 Å². The Morgan fingerprint density at radius 3 is 2.45 bits per heavy atom. The number of aromatic amines is 1. The number of rotatable bonds is 5. The molecule has 0 aliphatic carbocycles. The first-order valence-electron chi connectivity index (χ1n) is 13.0. The maximum atomic E-state index is 14.7. The highest BCUT2D eigenvalue weighted by Crippen LogP contribution is 2.43. The molecule has 3 N–H and O–H groups in total. The number of halogens is 5. The van der Waals surface area contributed by atoms with Crippen LogP contribution in [0.3, 0.4) is 0 Å². The number of anilines is 2. The molecule has 1 saturated heterocycles. The fraction of sp³-hybridized carbons (Fsp3) is 0.481. The number of hydrogen-bond acceptors (Lipinski definition) is 7. The Labute approximate surface area is 238 Å². The molecule has 1 atom stereocenters. The summed E-state index contributed by atoms with van der Waals surface area (Å²) in [5, 5.41) is 5.23. The summed E-state index contributed by atoms with van der Waals surface area (Å²) in [6.07, 6.45) is -3.38. The Balaban J connectivity index is 1.73. The number of aromatic nitrogens is 3. The molecule has 1 aromatic carbocycles. The normalized spacial score (nSPS) is 16.3. The number of ether oxygens (including phenoxy) is 2. The molecular weight excluding hydrogens is 567 g/mol. The molecule has 10 nitrogen and oxygen atoms in total. The molecule has 4 rings (SSSR count). The maximum Gasteiger partial charge on any atom is 0.419 e. The van der Waals surface area contributed by atoms with Crippen molar-refractivity contribution in [3.8, 4) is 11.3 Å². The van der Waals surface area contributed by atoms with Gasteiger partial charge in [0.15, 0.2) is 0 Å². The van der Waals surface area contributed by atoms with Gasteiger partial charge in [0.1, 0.15) is 11.2 Å². The standard InChI is InChI=1S/C27H31F5N6O4/c1-25(2,3)42-24(40)38-10-6-7-14(13-38)35-22-34-12-17(27(30,31)32)20(37-22)16-11-33-21-15(16)8-9-18(36-23(39)41-5)19(21)26(4,28)29/h8-9,11-12,14,33H,6-7,10,13H2,1-5H3,(H,36,39)(H,34,35,37)/t14-/m0/s1. The molecule has 2 amide bonds. The number of benzene rings is 1. The summed E-state index contributed by atoms with van der Waals surface area (Å²) >= 11 is 0. The summed E-state index contributed by atoms with van der Waals surface area (Å²) in [6.45, 7) is 6.50. The fourth-order valence-corrected chi connectivity index (χ4v) is 4.75. The maximum absolute atomic E-state index is 14.7. The highest BCUT2D eigenvalue weighted by molar-refractivity contribution is 6.01. The number of likely N-dealkylation sites (tertiary alicyclic amines) is 1. The highest BCUT2D eigenvalue weighted by Gasteiger charge is 2.38. The Kier molecular flexibility index (Phi) is 8.24. The van der Waals surface area contributed by atoms with Crippen LogP contribution in [0.4, 0.5) is 43.2 Å². The number of methoxy groups -OCH3 is 1. The zero-order valence-corrected chi connectivity index (χ0v) is 23.6. The van der Waals surface area contributed by atoms with Crippen LogP contribution in [0, 0.1) is 0 Å². The second-order valence-corrected chi connectivity index (χ2v) is 11.0. The van der Waals surface area contributed by atoms with Crippen LogP contribution in [0.1, 0.15) is 51.7 Å². The van der Waals surface area contributed by atoms with Crippen molar-refractivity contribution in [1.82, 2.24) is 19.9 Å². The lowest BCUT2D eigenvalue weighted by Gasteiger charge is -2.34. The predicted molar refractivity (Wildman–Crippen MR) is 144 cm³/mol. The minimum Gasteiger partial charge on any atom is -0.453 e. The molecule has 0 bridgehead atoms. The largest absolute Gasteiger partial charge is 0.453 e. The van der Waals surface area contributed by atoms with E-state index in [9.17, 15) is 31.5 Å². The van der Waals surface area contributed by atoms with Crippen molar-refractivity contribution in [3.63, 3.8) is 0 Å². The molecule has 3 aromatic rings. The molecule has 1 aliphatic rings. The molecule has 0 unspecified atom stereocenters. The van der Waals surface area contributed by atoms with Crippen molar-refractivity contribution in [3.05, 3.63) is 35.7 Å². The number of hydrogen-bond donors (Lipinski definition) is 3. The molecule has 1 aliphatic heterocycles. The zero-order chi connectivity index (χ0) is 31.0. The third-order valence-corrected chi connectivity index (χ3v) is 6.47. The van der Waals surface area contributed by atoms with Gasteiger partial charge in [0.05, 0.1) is 29.6 Å². The van der Waals surface area contributed by atoms with Crippen molar-refractivity contribution < 1.29 is 41.0 Å².